The van der Waals surface area contributed by atoms with Crippen LogP contribution in [0.2, 0.25) is 5.02 Å². The van der Waals surface area contributed by atoms with Crippen LogP contribution in [-0.2, 0) is 6.54 Å². The molecule has 0 atom stereocenters. The number of hydrogen-bond acceptors (Lipinski definition) is 3. The summed E-state index contributed by atoms with van der Waals surface area (Å²) in [7, 11) is 0. The fourth-order valence-electron chi connectivity index (χ4n) is 3.62. The van der Waals surface area contributed by atoms with E-state index in [0.717, 1.165) is 27.4 Å². The Morgan fingerprint density at radius 3 is 2.77 bits per heavy atom. The molecular weight excluding hydrogens is 396 g/mol. The predicted molar refractivity (Wildman–Crippen MR) is 119 cm³/mol. The van der Waals surface area contributed by atoms with E-state index < -0.39 is 0 Å². The molecule has 30 heavy (non-hydrogen) atoms. The summed E-state index contributed by atoms with van der Waals surface area (Å²) in [4.78, 5) is 22.0. The van der Waals surface area contributed by atoms with Crippen molar-refractivity contribution in [2.75, 3.05) is 0 Å². The average molecular weight is 413 g/mol. The van der Waals surface area contributed by atoms with E-state index in [1.54, 1.807) is 6.20 Å². The van der Waals surface area contributed by atoms with Crippen molar-refractivity contribution < 1.29 is 4.79 Å². The molecule has 0 aliphatic carbocycles. The summed E-state index contributed by atoms with van der Waals surface area (Å²) in [5.74, 6) is 0.435. The number of fused-ring (bicyclic) bond motifs is 2. The molecule has 1 amide bonds. The van der Waals surface area contributed by atoms with Gasteiger partial charge in [0.2, 0.25) is 0 Å². The molecule has 3 aromatic heterocycles. The second kappa shape index (κ2) is 7.61. The summed E-state index contributed by atoms with van der Waals surface area (Å²) >= 11 is 6.16. The van der Waals surface area contributed by atoms with Crippen LogP contribution in [0.1, 0.15) is 16.1 Å². The lowest BCUT2D eigenvalue weighted by Crippen LogP contribution is -2.23. The van der Waals surface area contributed by atoms with E-state index in [1.807, 2.05) is 83.5 Å². The molecule has 1 N–H and O–H groups in total. The second-order valence-electron chi connectivity index (χ2n) is 6.95. The third-order valence-electron chi connectivity index (χ3n) is 5.04. The van der Waals surface area contributed by atoms with Crippen LogP contribution < -0.4 is 5.32 Å². The zero-order valence-corrected chi connectivity index (χ0v) is 16.7. The first-order valence-electron chi connectivity index (χ1n) is 9.53. The zero-order chi connectivity index (χ0) is 20.5. The lowest BCUT2D eigenvalue weighted by Gasteiger charge is -2.07. The first-order valence-corrected chi connectivity index (χ1v) is 9.91. The predicted octanol–water partition coefficient (Wildman–Crippen LogP) is 5.13. The molecule has 6 heteroatoms. The SMILES string of the molecule is O=C(NCc1cncc2ccccc12)c1nc(-c2cccc(Cl)c2)n2ccccc12. The molecule has 3 heterocycles. The number of hydrogen-bond donors (Lipinski definition) is 1. The van der Waals surface area contributed by atoms with Crippen LogP contribution in [0.15, 0.2) is 85.3 Å². The summed E-state index contributed by atoms with van der Waals surface area (Å²) in [5.41, 5.74) is 2.92. The van der Waals surface area contributed by atoms with Crippen LogP contribution >= 0.6 is 11.6 Å². The van der Waals surface area contributed by atoms with Crippen LogP contribution in [0.25, 0.3) is 27.7 Å². The van der Waals surface area contributed by atoms with Gasteiger partial charge in [0.25, 0.3) is 5.91 Å². The van der Waals surface area contributed by atoms with E-state index in [1.165, 1.54) is 0 Å². The van der Waals surface area contributed by atoms with Crippen LogP contribution in [0.4, 0.5) is 0 Å². The molecule has 5 aromatic rings. The number of pyridine rings is 2. The third-order valence-corrected chi connectivity index (χ3v) is 5.27. The van der Waals surface area contributed by atoms with Crippen molar-refractivity contribution in [2.45, 2.75) is 6.54 Å². The number of carbonyl (C=O) groups is 1. The maximum Gasteiger partial charge on any atom is 0.272 e. The van der Waals surface area contributed by atoms with Gasteiger partial charge in [0, 0.05) is 41.1 Å². The van der Waals surface area contributed by atoms with Gasteiger partial charge in [-0.15, -0.1) is 0 Å². The number of imidazole rings is 1. The highest BCUT2D eigenvalue weighted by molar-refractivity contribution is 6.30. The Bertz CT molecular complexity index is 1390. The highest BCUT2D eigenvalue weighted by atomic mass is 35.5. The van der Waals surface area contributed by atoms with E-state index >= 15 is 0 Å². The van der Waals surface area contributed by atoms with Crippen molar-refractivity contribution in [1.82, 2.24) is 19.7 Å². The van der Waals surface area contributed by atoms with Crippen molar-refractivity contribution in [2.24, 2.45) is 0 Å². The minimum Gasteiger partial charge on any atom is -0.346 e. The van der Waals surface area contributed by atoms with Gasteiger partial charge >= 0.3 is 0 Å². The molecule has 0 radical (unpaired) electrons. The van der Waals surface area contributed by atoms with Crippen molar-refractivity contribution in [1.29, 1.82) is 0 Å². The van der Waals surface area contributed by atoms with Gasteiger partial charge in [-0.1, -0.05) is 54.1 Å². The molecule has 0 saturated carbocycles. The normalized spacial score (nSPS) is 11.1. The van der Waals surface area contributed by atoms with Gasteiger partial charge in [0.1, 0.15) is 5.82 Å². The van der Waals surface area contributed by atoms with Crippen LogP contribution in [0.3, 0.4) is 0 Å². The summed E-state index contributed by atoms with van der Waals surface area (Å²) in [6.45, 7) is 0.367. The highest BCUT2D eigenvalue weighted by Gasteiger charge is 2.18. The third kappa shape index (κ3) is 3.29. The molecule has 0 aliphatic rings. The molecule has 2 aromatic carbocycles. The van der Waals surface area contributed by atoms with E-state index in [4.69, 9.17) is 11.6 Å². The minimum absolute atomic E-state index is 0.236. The quantitative estimate of drug-likeness (QED) is 0.445. The summed E-state index contributed by atoms with van der Waals surface area (Å²) in [6, 6.07) is 21.1. The van der Waals surface area contributed by atoms with Gasteiger partial charge in [0.05, 0.1) is 5.52 Å². The molecule has 0 saturated heterocycles. The Hall–Kier alpha value is -3.70. The number of benzene rings is 2. The Morgan fingerprint density at radius 1 is 1.00 bits per heavy atom. The molecule has 0 spiro atoms. The fraction of sp³-hybridized carbons (Fsp3) is 0.0417. The summed E-state index contributed by atoms with van der Waals surface area (Å²) < 4.78 is 1.90. The molecule has 5 nitrogen and oxygen atoms in total. The first-order chi connectivity index (χ1) is 14.7. The number of amides is 1. The van der Waals surface area contributed by atoms with E-state index in [2.05, 4.69) is 15.3 Å². The maximum atomic E-state index is 13.0. The number of nitrogens with one attached hydrogen (secondary N) is 1. The standard InChI is InChI=1S/C24H17ClN4O/c25-19-8-5-7-16(12-19)23-28-22(21-10-3-4-11-29(21)23)24(30)27-15-18-14-26-13-17-6-1-2-9-20(17)18/h1-14H,15H2,(H,27,30). The fourth-order valence-corrected chi connectivity index (χ4v) is 3.81. The van der Waals surface area contributed by atoms with Gasteiger partial charge in [-0.2, -0.15) is 0 Å². The van der Waals surface area contributed by atoms with Gasteiger partial charge in [0.15, 0.2) is 5.69 Å². The molecule has 0 unspecified atom stereocenters. The Labute approximate surface area is 178 Å². The van der Waals surface area contributed by atoms with Crippen molar-refractivity contribution >= 4 is 33.8 Å². The highest BCUT2D eigenvalue weighted by Crippen LogP contribution is 2.25. The van der Waals surface area contributed by atoms with Crippen molar-refractivity contribution in [3.8, 4) is 11.4 Å². The minimum atomic E-state index is -0.236. The topological polar surface area (TPSA) is 59.3 Å². The molecule has 5 rings (SSSR count). The average Bonchev–Trinajstić information content (AvgIpc) is 3.17. The Balaban J connectivity index is 1.49. The van der Waals surface area contributed by atoms with Gasteiger partial charge in [-0.25, -0.2) is 4.98 Å². The molecule has 0 bridgehead atoms. The number of carbonyl (C=O) groups excluding carboxylic acids is 1. The number of nitrogens with zero attached hydrogens (tertiary/aromatic N) is 3. The zero-order valence-electron chi connectivity index (χ0n) is 15.9. The van der Waals surface area contributed by atoms with Gasteiger partial charge in [-0.3, -0.25) is 14.2 Å². The number of halogens is 1. The Morgan fingerprint density at radius 2 is 1.87 bits per heavy atom. The summed E-state index contributed by atoms with van der Waals surface area (Å²) in [5, 5.41) is 5.73. The van der Waals surface area contributed by atoms with Crippen molar-refractivity contribution in [3.05, 3.63) is 102 Å². The maximum absolute atomic E-state index is 13.0. The van der Waals surface area contributed by atoms with Crippen molar-refractivity contribution in [3.63, 3.8) is 0 Å². The van der Waals surface area contributed by atoms with Crippen LogP contribution in [-0.4, -0.2) is 20.3 Å². The lowest BCUT2D eigenvalue weighted by molar-refractivity contribution is 0.0948. The van der Waals surface area contributed by atoms with Crippen LogP contribution in [0, 0.1) is 0 Å². The lowest BCUT2D eigenvalue weighted by atomic mass is 10.1. The van der Waals surface area contributed by atoms with E-state index in [9.17, 15) is 4.79 Å². The molecular formula is C24H17ClN4O. The van der Waals surface area contributed by atoms with Gasteiger partial charge < -0.3 is 5.32 Å². The van der Waals surface area contributed by atoms with Gasteiger partial charge in [-0.05, 0) is 35.2 Å². The van der Waals surface area contributed by atoms with Crippen LogP contribution in [0.5, 0.6) is 0 Å². The molecule has 0 aliphatic heterocycles. The smallest absolute Gasteiger partial charge is 0.272 e. The summed E-state index contributed by atoms with van der Waals surface area (Å²) in [6.07, 6.45) is 5.50. The molecule has 146 valence electrons. The largest absolute Gasteiger partial charge is 0.346 e. The Kier molecular flexibility index (Phi) is 4.65. The number of rotatable bonds is 4. The van der Waals surface area contributed by atoms with E-state index in [0.29, 0.717) is 23.1 Å². The number of aromatic nitrogens is 3. The second-order valence-corrected chi connectivity index (χ2v) is 7.39. The first kappa shape index (κ1) is 18.3. The van der Waals surface area contributed by atoms with E-state index in [-0.39, 0.29) is 5.91 Å². The molecule has 0 fully saturated rings. The monoisotopic (exact) mass is 412 g/mol.